The Balaban J connectivity index is 1.23. The smallest absolute Gasteiger partial charge is 0.0998 e. The van der Waals surface area contributed by atoms with Crippen LogP contribution in [0.3, 0.4) is 0 Å². The van der Waals surface area contributed by atoms with Crippen molar-refractivity contribution in [1.82, 2.24) is 4.57 Å². The van der Waals surface area contributed by atoms with Crippen LogP contribution in [0.25, 0.3) is 45.7 Å². The standard InChI is InChI=1S/C47H36N4/c1-4-5-21-46-33(3)40-15-10-12-22-47(40)51(46)38-26-23-34(24-27-38)35-25-28-41(37(29-35)31-49)43-17-9-11-20-45(43)50-44-19-8-6-7-16-42(44)39-18-13-14-36(30-48)32(39)2/h1,5-11,13-18,20-21,23-29,50H,12,19,22H2,2-3H3/b21-5-. The van der Waals surface area contributed by atoms with E-state index >= 15 is 0 Å². The quantitative estimate of drug-likeness (QED) is 0.177. The maximum atomic E-state index is 10.4. The summed E-state index contributed by atoms with van der Waals surface area (Å²) >= 11 is 0. The molecule has 0 aliphatic heterocycles. The number of benzene rings is 4. The van der Waals surface area contributed by atoms with Gasteiger partial charge in [0.15, 0.2) is 0 Å². The molecule has 0 saturated heterocycles. The Kier molecular flexibility index (Phi) is 9.22. The maximum absolute atomic E-state index is 10.4. The van der Waals surface area contributed by atoms with Crippen LogP contribution in [-0.4, -0.2) is 4.57 Å². The van der Waals surface area contributed by atoms with Crippen molar-refractivity contribution >= 4 is 23.4 Å². The van der Waals surface area contributed by atoms with E-state index in [1.165, 1.54) is 16.8 Å². The summed E-state index contributed by atoms with van der Waals surface area (Å²) in [5.74, 6) is 2.64. The van der Waals surface area contributed by atoms with Gasteiger partial charge in [-0.25, -0.2) is 0 Å². The van der Waals surface area contributed by atoms with Crippen LogP contribution in [0.5, 0.6) is 0 Å². The minimum Gasteiger partial charge on any atom is -0.358 e. The first-order valence-corrected chi connectivity index (χ1v) is 17.1. The number of rotatable bonds is 7. The fourth-order valence-corrected chi connectivity index (χ4v) is 7.19. The van der Waals surface area contributed by atoms with Gasteiger partial charge in [-0.3, -0.25) is 0 Å². The van der Waals surface area contributed by atoms with Crippen LogP contribution in [0.1, 0.15) is 57.6 Å². The van der Waals surface area contributed by atoms with Crippen LogP contribution in [0.2, 0.25) is 0 Å². The second-order valence-electron chi connectivity index (χ2n) is 12.7. The molecule has 5 aromatic rings. The summed E-state index contributed by atoms with van der Waals surface area (Å²) in [5, 5.41) is 23.8. The molecule has 0 unspecified atom stereocenters. The largest absolute Gasteiger partial charge is 0.358 e. The molecule has 0 amide bonds. The molecule has 2 aliphatic rings. The van der Waals surface area contributed by atoms with E-state index in [0.717, 1.165) is 74.6 Å². The zero-order valence-corrected chi connectivity index (χ0v) is 28.7. The van der Waals surface area contributed by atoms with Crippen molar-refractivity contribution in [3.8, 4) is 52.4 Å². The number of allylic oxidation sites excluding steroid dienone is 7. The number of hydrogen-bond donors (Lipinski definition) is 1. The van der Waals surface area contributed by atoms with Crippen molar-refractivity contribution < 1.29 is 0 Å². The first-order chi connectivity index (χ1) is 25.0. The fourth-order valence-electron chi connectivity index (χ4n) is 7.19. The van der Waals surface area contributed by atoms with Crippen LogP contribution in [0.4, 0.5) is 5.69 Å². The van der Waals surface area contributed by atoms with Crippen molar-refractivity contribution in [1.29, 1.82) is 10.5 Å². The summed E-state index contributed by atoms with van der Waals surface area (Å²) in [5.41, 5.74) is 16.0. The average molecular weight is 657 g/mol. The van der Waals surface area contributed by atoms with Crippen molar-refractivity contribution in [3.63, 3.8) is 0 Å². The van der Waals surface area contributed by atoms with Gasteiger partial charge in [-0.05, 0) is 103 Å². The number of aromatic nitrogens is 1. The van der Waals surface area contributed by atoms with E-state index in [2.05, 4.69) is 108 Å². The molecule has 51 heavy (non-hydrogen) atoms. The van der Waals surface area contributed by atoms with Gasteiger partial charge in [0.2, 0.25) is 0 Å². The van der Waals surface area contributed by atoms with Crippen molar-refractivity contribution in [2.75, 3.05) is 5.32 Å². The van der Waals surface area contributed by atoms with Gasteiger partial charge in [-0.15, -0.1) is 6.42 Å². The maximum Gasteiger partial charge on any atom is 0.0998 e. The number of para-hydroxylation sites is 1. The zero-order chi connectivity index (χ0) is 35.3. The number of terminal acetylenes is 1. The van der Waals surface area contributed by atoms with E-state index in [0.29, 0.717) is 17.5 Å². The van der Waals surface area contributed by atoms with Crippen LogP contribution >= 0.6 is 0 Å². The van der Waals surface area contributed by atoms with Crippen molar-refractivity contribution in [3.05, 3.63) is 172 Å². The normalized spacial score (nSPS) is 13.4. The molecule has 1 aromatic heterocycles. The average Bonchev–Trinajstić information content (AvgIpc) is 3.28. The van der Waals surface area contributed by atoms with Gasteiger partial charge in [0, 0.05) is 45.9 Å². The van der Waals surface area contributed by atoms with Crippen molar-refractivity contribution in [2.24, 2.45) is 0 Å². The Bertz CT molecular complexity index is 2460. The monoisotopic (exact) mass is 656 g/mol. The summed E-state index contributed by atoms with van der Waals surface area (Å²) in [7, 11) is 0. The Morgan fingerprint density at radius 2 is 1.55 bits per heavy atom. The topological polar surface area (TPSA) is 64.5 Å². The van der Waals surface area contributed by atoms with Gasteiger partial charge in [0.25, 0.3) is 0 Å². The van der Waals surface area contributed by atoms with E-state index in [1.807, 2.05) is 61.5 Å². The molecule has 244 valence electrons. The Morgan fingerprint density at radius 1 is 0.765 bits per heavy atom. The highest BCUT2D eigenvalue weighted by atomic mass is 15.0. The van der Waals surface area contributed by atoms with Gasteiger partial charge in [0.05, 0.1) is 29.0 Å². The van der Waals surface area contributed by atoms with Crippen molar-refractivity contribution in [2.45, 2.75) is 33.1 Å². The van der Waals surface area contributed by atoms with E-state index < -0.39 is 0 Å². The molecule has 0 radical (unpaired) electrons. The summed E-state index contributed by atoms with van der Waals surface area (Å²) in [6.45, 7) is 4.15. The Morgan fingerprint density at radius 3 is 2.35 bits per heavy atom. The lowest BCUT2D eigenvalue weighted by Gasteiger charge is -2.19. The minimum atomic E-state index is 0.599. The SMILES string of the molecule is C#C/C=C\c1c(C)c2c(n1-c1ccc(-c3ccc(-c4ccccc4NC4=C(c5cccc(C#N)c5C)C=CC=CC4)c(C#N)c3)cc1)CCC=C2. The first kappa shape index (κ1) is 32.7. The molecule has 0 fully saturated rings. The second-order valence-corrected chi connectivity index (χ2v) is 12.7. The molecular weight excluding hydrogens is 621 g/mol. The predicted molar refractivity (Wildman–Crippen MR) is 211 cm³/mol. The molecule has 0 bridgehead atoms. The van der Waals surface area contributed by atoms with Crippen LogP contribution < -0.4 is 5.32 Å². The molecule has 0 atom stereocenters. The molecule has 7 rings (SSSR count). The van der Waals surface area contributed by atoms with Gasteiger partial charge in [-0.2, -0.15) is 10.5 Å². The van der Waals surface area contributed by atoms with Gasteiger partial charge >= 0.3 is 0 Å². The molecule has 4 heteroatoms. The Labute approximate surface area is 300 Å². The van der Waals surface area contributed by atoms with E-state index in [-0.39, 0.29) is 0 Å². The van der Waals surface area contributed by atoms with E-state index in [4.69, 9.17) is 6.42 Å². The highest BCUT2D eigenvalue weighted by Gasteiger charge is 2.20. The molecule has 4 nitrogen and oxygen atoms in total. The molecule has 0 spiro atoms. The van der Waals surface area contributed by atoms with Crippen LogP contribution in [-0.2, 0) is 6.42 Å². The molecular formula is C47H36N4. The lowest BCUT2D eigenvalue weighted by molar-refractivity contribution is 0.870. The molecule has 0 saturated carbocycles. The molecule has 1 N–H and O–H groups in total. The zero-order valence-electron chi connectivity index (χ0n) is 28.7. The number of nitriles is 2. The van der Waals surface area contributed by atoms with Gasteiger partial charge in [0.1, 0.15) is 0 Å². The number of fused-ring (bicyclic) bond motifs is 1. The van der Waals surface area contributed by atoms with E-state index in [9.17, 15) is 10.5 Å². The summed E-state index contributed by atoms with van der Waals surface area (Å²) in [6.07, 6.45) is 24.8. The van der Waals surface area contributed by atoms with Gasteiger partial charge < -0.3 is 9.88 Å². The number of nitrogens with zero attached hydrogens (tertiary/aromatic N) is 3. The number of anilines is 1. The third-order valence-corrected chi connectivity index (χ3v) is 9.78. The summed E-state index contributed by atoms with van der Waals surface area (Å²) < 4.78 is 2.32. The number of nitrogens with one attached hydrogen (secondary N) is 1. The Hall–Kier alpha value is -6.80. The van der Waals surface area contributed by atoms with Crippen LogP contribution in [0.15, 0.2) is 127 Å². The molecule has 2 aliphatic carbocycles. The summed E-state index contributed by atoms with van der Waals surface area (Å²) in [6, 6.07) is 33.4. The third-order valence-electron chi connectivity index (χ3n) is 9.78. The third kappa shape index (κ3) is 6.26. The second kappa shape index (κ2) is 14.4. The first-order valence-electron chi connectivity index (χ1n) is 17.1. The lowest BCUT2D eigenvalue weighted by atomic mass is 9.93. The lowest BCUT2D eigenvalue weighted by Crippen LogP contribution is -2.05. The number of hydrogen-bond acceptors (Lipinski definition) is 3. The predicted octanol–water partition coefficient (Wildman–Crippen LogP) is 11.1. The summed E-state index contributed by atoms with van der Waals surface area (Å²) in [4.78, 5) is 0. The van der Waals surface area contributed by atoms with Gasteiger partial charge in [-0.1, -0.05) is 97.0 Å². The molecule has 4 aromatic carbocycles. The van der Waals surface area contributed by atoms with E-state index in [1.54, 1.807) is 6.08 Å². The minimum absolute atomic E-state index is 0.599. The highest BCUT2D eigenvalue weighted by Crippen LogP contribution is 2.37. The van der Waals surface area contributed by atoms with Crippen LogP contribution in [0, 0.1) is 48.9 Å². The molecule has 1 heterocycles. The fraction of sp³-hybridized carbons (Fsp3) is 0.106. The highest BCUT2D eigenvalue weighted by molar-refractivity contribution is 5.88.